The minimum absolute atomic E-state index is 0.411. The van der Waals surface area contributed by atoms with Crippen LogP contribution in [0.1, 0.15) is 50.3 Å². The zero-order chi connectivity index (χ0) is 16.7. The van der Waals surface area contributed by atoms with Crippen molar-refractivity contribution in [3.63, 3.8) is 0 Å². The Morgan fingerprint density at radius 3 is 2.92 bits per heavy atom. The molecule has 0 aliphatic carbocycles. The van der Waals surface area contributed by atoms with Crippen molar-refractivity contribution in [1.82, 2.24) is 15.1 Å². The molecule has 1 N–H and O–H groups in total. The molecule has 1 aromatic rings. The average molecular weight is 344 g/mol. The van der Waals surface area contributed by atoms with E-state index in [4.69, 9.17) is 12.2 Å². The summed E-state index contributed by atoms with van der Waals surface area (Å²) in [5.74, 6) is 0.771. The molecule has 2 saturated heterocycles. The smallest absolute Gasteiger partial charge is 0.169 e. The van der Waals surface area contributed by atoms with Crippen LogP contribution >= 0.6 is 12.2 Å². The zero-order valence-corrected chi connectivity index (χ0v) is 15.7. The maximum atomic E-state index is 5.74. The van der Waals surface area contributed by atoms with Crippen molar-refractivity contribution < 1.29 is 0 Å². The SMILES string of the molecule is CC(C)NC(=S)N1CCCC2CN3CCc4ccccc4C3CC21. The van der Waals surface area contributed by atoms with E-state index in [9.17, 15) is 0 Å². The van der Waals surface area contributed by atoms with E-state index in [2.05, 4.69) is 53.2 Å². The number of likely N-dealkylation sites (tertiary alicyclic amines) is 1. The Kier molecular flexibility index (Phi) is 4.52. The van der Waals surface area contributed by atoms with Crippen molar-refractivity contribution >= 4 is 17.3 Å². The third-order valence-corrected chi connectivity index (χ3v) is 6.40. The Morgan fingerprint density at radius 2 is 2.08 bits per heavy atom. The van der Waals surface area contributed by atoms with Gasteiger partial charge in [-0.1, -0.05) is 24.3 Å². The van der Waals surface area contributed by atoms with Gasteiger partial charge in [0, 0.05) is 37.8 Å². The van der Waals surface area contributed by atoms with E-state index in [0.29, 0.717) is 18.1 Å². The molecule has 0 radical (unpaired) electrons. The van der Waals surface area contributed by atoms with Crippen LogP contribution in [0.25, 0.3) is 0 Å². The molecule has 1 aromatic carbocycles. The van der Waals surface area contributed by atoms with Crippen molar-refractivity contribution in [2.45, 2.75) is 57.7 Å². The maximum absolute atomic E-state index is 5.74. The molecule has 3 heterocycles. The van der Waals surface area contributed by atoms with Crippen molar-refractivity contribution in [3.05, 3.63) is 35.4 Å². The molecular formula is C20H29N3S. The lowest BCUT2D eigenvalue weighted by Crippen LogP contribution is -2.59. The Morgan fingerprint density at radius 1 is 1.25 bits per heavy atom. The average Bonchev–Trinajstić information content (AvgIpc) is 2.58. The van der Waals surface area contributed by atoms with Gasteiger partial charge in [-0.25, -0.2) is 0 Å². The molecule has 3 atom stereocenters. The minimum atomic E-state index is 0.411. The Bertz CT molecular complexity index is 615. The lowest BCUT2D eigenvalue weighted by Gasteiger charge is -2.53. The second-order valence-corrected chi connectivity index (χ2v) is 8.35. The number of nitrogens with zero attached hydrogens (tertiary/aromatic N) is 2. The van der Waals surface area contributed by atoms with E-state index in [1.54, 1.807) is 11.1 Å². The van der Waals surface area contributed by atoms with Crippen LogP contribution in [0.4, 0.5) is 0 Å². The summed E-state index contributed by atoms with van der Waals surface area (Å²) >= 11 is 5.74. The third kappa shape index (κ3) is 2.95. The van der Waals surface area contributed by atoms with E-state index in [1.165, 1.54) is 38.8 Å². The second-order valence-electron chi connectivity index (χ2n) is 7.96. The Hall–Kier alpha value is -1.13. The molecule has 3 nitrogen and oxygen atoms in total. The van der Waals surface area contributed by atoms with E-state index < -0.39 is 0 Å². The molecule has 4 heteroatoms. The van der Waals surface area contributed by atoms with Crippen molar-refractivity contribution in [1.29, 1.82) is 0 Å². The topological polar surface area (TPSA) is 18.5 Å². The van der Waals surface area contributed by atoms with Crippen LogP contribution < -0.4 is 5.32 Å². The highest BCUT2D eigenvalue weighted by atomic mass is 32.1. The van der Waals surface area contributed by atoms with E-state index >= 15 is 0 Å². The first-order valence-corrected chi connectivity index (χ1v) is 9.93. The molecule has 0 spiro atoms. The van der Waals surface area contributed by atoms with Crippen LogP contribution in [0.15, 0.2) is 24.3 Å². The third-order valence-electron chi connectivity index (χ3n) is 6.05. The first-order valence-electron chi connectivity index (χ1n) is 9.52. The molecule has 0 saturated carbocycles. The highest BCUT2D eigenvalue weighted by Gasteiger charge is 2.43. The van der Waals surface area contributed by atoms with Crippen LogP contribution in [0.3, 0.4) is 0 Å². The first kappa shape index (κ1) is 16.3. The predicted molar refractivity (Wildman–Crippen MR) is 103 cm³/mol. The molecule has 24 heavy (non-hydrogen) atoms. The zero-order valence-electron chi connectivity index (χ0n) is 14.9. The number of thiocarbonyl (C=S) groups is 1. The lowest BCUT2D eigenvalue weighted by molar-refractivity contribution is 0.0164. The van der Waals surface area contributed by atoms with E-state index in [-0.39, 0.29) is 0 Å². The van der Waals surface area contributed by atoms with Gasteiger partial charge in [0.15, 0.2) is 5.11 Å². The molecule has 3 aliphatic heterocycles. The highest BCUT2D eigenvalue weighted by Crippen LogP contribution is 2.42. The lowest BCUT2D eigenvalue weighted by atomic mass is 9.77. The summed E-state index contributed by atoms with van der Waals surface area (Å²) < 4.78 is 0. The molecule has 0 aromatic heterocycles. The molecule has 2 fully saturated rings. The molecule has 0 amide bonds. The molecule has 3 unspecified atom stereocenters. The summed E-state index contributed by atoms with van der Waals surface area (Å²) in [6.45, 7) is 7.93. The Labute approximate surface area is 151 Å². The standard InChI is InChI=1S/C20H29N3S/c1-14(2)21-20(24)23-10-5-7-16-13-22-11-9-15-6-3-4-8-17(15)19(22)12-18(16)23/h3-4,6,8,14,16,18-19H,5,7,9-13H2,1-2H3,(H,21,24). The number of hydrogen-bond acceptors (Lipinski definition) is 2. The summed E-state index contributed by atoms with van der Waals surface area (Å²) in [5, 5.41) is 4.45. The Balaban J connectivity index is 1.58. The fraction of sp³-hybridized carbons (Fsp3) is 0.650. The largest absolute Gasteiger partial charge is 0.360 e. The van der Waals surface area contributed by atoms with Gasteiger partial charge >= 0.3 is 0 Å². The maximum Gasteiger partial charge on any atom is 0.169 e. The van der Waals surface area contributed by atoms with E-state index in [0.717, 1.165) is 17.6 Å². The van der Waals surface area contributed by atoms with Gasteiger partial charge < -0.3 is 10.2 Å². The summed E-state index contributed by atoms with van der Waals surface area (Å²) in [4.78, 5) is 5.25. The van der Waals surface area contributed by atoms with Crippen LogP contribution in [0.5, 0.6) is 0 Å². The van der Waals surface area contributed by atoms with Gasteiger partial charge in [-0.2, -0.15) is 0 Å². The second kappa shape index (κ2) is 6.64. The monoisotopic (exact) mass is 343 g/mol. The predicted octanol–water partition coefficient (Wildman–Crippen LogP) is 3.35. The molecular weight excluding hydrogens is 314 g/mol. The van der Waals surface area contributed by atoms with Crippen LogP contribution in [0, 0.1) is 5.92 Å². The van der Waals surface area contributed by atoms with E-state index in [1.807, 2.05) is 0 Å². The van der Waals surface area contributed by atoms with Crippen LogP contribution in [0.2, 0.25) is 0 Å². The van der Waals surface area contributed by atoms with Gasteiger partial charge in [-0.3, -0.25) is 4.90 Å². The van der Waals surface area contributed by atoms with Gasteiger partial charge in [-0.15, -0.1) is 0 Å². The van der Waals surface area contributed by atoms with Gasteiger partial charge in [0.2, 0.25) is 0 Å². The number of nitrogens with one attached hydrogen (secondary N) is 1. The number of piperidine rings is 2. The van der Waals surface area contributed by atoms with Gasteiger partial charge in [0.1, 0.15) is 0 Å². The minimum Gasteiger partial charge on any atom is -0.360 e. The summed E-state index contributed by atoms with van der Waals surface area (Å²) in [6, 6.07) is 10.7. The molecule has 4 rings (SSSR count). The van der Waals surface area contributed by atoms with Gasteiger partial charge in [0.25, 0.3) is 0 Å². The molecule has 130 valence electrons. The van der Waals surface area contributed by atoms with Crippen molar-refractivity contribution in [2.75, 3.05) is 19.6 Å². The molecule has 3 aliphatic rings. The van der Waals surface area contributed by atoms with Crippen molar-refractivity contribution in [2.24, 2.45) is 5.92 Å². The number of rotatable bonds is 1. The summed E-state index contributed by atoms with van der Waals surface area (Å²) in [5.41, 5.74) is 3.12. The van der Waals surface area contributed by atoms with Crippen LogP contribution in [-0.2, 0) is 6.42 Å². The quantitative estimate of drug-likeness (QED) is 0.788. The number of benzene rings is 1. The normalized spacial score (nSPS) is 29.6. The fourth-order valence-corrected chi connectivity index (χ4v) is 5.44. The number of fused-ring (bicyclic) bond motifs is 4. The summed E-state index contributed by atoms with van der Waals surface area (Å²) in [7, 11) is 0. The first-order chi connectivity index (χ1) is 11.6. The molecule has 0 bridgehead atoms. The van der Waals surface area contributed by atoms with Gasteiger partial charge in [0.05, 0.1) is 0 Å². The van der Waals surface area contributed by atoms with Gasteiger partial charge in [-0.05, 0) is 68.8 Å². The highest BCUT2D eigenvalue weighted by molar-refractivity contribution is 7.80. The summed E-state index contributed by atoms with van der Waals surface area (Å²) in [6.07, 6.45) is 5.06. The van der Waals surface area contributed by atoms with Crippen LogP contribution in [-0.4, -0.2) is 46.6 Å². The van der Waals surface area contributed by atoms with Crippen molar-refractivity contribution in [3.8, 4) is 0 Å². The fourth-order valence-electron chi connectivity index (χ4n) is 4.98. The number of hydrogen-bond donors (Lipinski definition) is 1.